The van der Waals surface area contributed by atoms with Crippen molar-refractivity contribution in [1.29, 1.82) is 0 Å². The Morgan fingerprint density at radius 1 is 1.09 bits per heavy atom. The number of imidazole rings is 2. The normalized spacial score (nSPS) is 14.0. The van der Waals surface area contributed by atoms with Gasteiger partial charge in [-0.05, 0) is 37.1 Å². The Bertz CT molecular complexity index is 952. The van der Waals surface area contributed by atoms with Crippen molar-refractivity contribution in [2.45, 2.75) is 19.4 Å². The van der Waals surface area contributed by atoms with Crippen molar-refractivity contribution in [2.75, 3.05) is 0 Å². The maximum atomic E-state index is 4.32. The van der Waals surface area contributed by atoms with Crippen LogP contribution in [-0.4, -0.2) is 19.5 Å². The quantitative estimate of drug-likeness (QED) is 0.624. The molecule has 0 radical (unpaired) electrons. The van der Waals surface area contributed by atoms with Gasteiger partial charge in [0, 0.05) is 12.4 Å². The van der Waals surface area contributed by atoms with Gasteiger partial charge in [0.05, 0.1) is 29.2 Å². The third kappa shape index (κ3) is 2.14. The van der Waals surface area contributed by atoms with Gasteiger partial charge in [0.25, 0.3) is 0 Å². The minimum absolute atomic E-state index is 0.332. The maximum Gasteiger partial charge on any atom is 0.0956 e. The average molecular weight is 302 g/mol. The maximum absolute atomic E-state index is 4.32. The molecule has 1 unspecified atom stereocenters. The number of rotatable bonds is 3. The zero-order valence-corrected chi connectivity index (χ0v) is 13.2. The molecule has 4 aromatic rings. The molecule has 2 heterocycles. The van der Waals surface area contributed by atoms with Crippen molar-refractivity contribution in [3.05, 3.63) is 84.2 Å². The fourth-order valence-corrected chi connectivity index (χ4v) is 3.17. The number of nitrogens with zero attached hydrogens (tertiary/aromatic N) is 3. The topological polar surface area (TPSA) is 46.5 Å². The van der Waals surface area contributed by atoms with Gasteiger partial charge < -0.3 is 9.55 Å². The highest BCUT2D eigenvalue weighted by Gasteiger charge is 2.31. The van der Waals surface area contributed by atoms with E-state index in [2.05, 4.69) is 75.8 Å². The summed E-state index contributed by atoms with van der Waals surface area (Å²) in [7, 11) is 0. The van der Waals surface area contributed by atoms with Crippen LogP contribution in [0.5, 0.6) is 0 Å². The van der Waals surface area contributed by atoms with Crippen LogP contribution < -0.4 is 0 Å². The molecule has 0 spiro atoms. The van der Waals surface area contributed by atoms with Crippen LogP contribution in [0.2, 0.25) is 0 Å². The predicted octanol–water partition coefficient (Wildman–Crippen LogP) is 3.88. The molecule has 0 aliphatic rings. The molecule has 114 valence electrons. The molecule has 2 aromatic heterocycles. The van der Waals surface area contributed by atoms with E-state index in [0.717, 1.165) is 11.0 Å². The van der Waals surface area contributed by atoms with E-state index in [1.165, 1.54) is 16.7 Å². The Hall–Kier alpha value is -2.88. The summed E-state index contributed by atoms with van der Waals surface area (Å²) in [6.45, 7) is 4.34. The van der Waals surface area contributed by atoms with Crippen LogP contribution in [0.15, 0.2) is 67.5 Å². The SMILES string of the molecule is Cc1cccc(C(C)(c2ccc3nc[nH]c3c2)n2ccnc2)c1. The molecule has 0 aliphatic carbocycles. The first-order chi connectivity index (χ1) is 11.2. The molecule has 0 bridgehead atoms. The lowest BCUT2D eigenvalue weighted by molar-refractivity contribution is 0.475. The molecule has 4 nitrogen and oxygen atoms in total. The van der Waals surface area contributed by atoms with Crippen molar-refractivity contribution in [1.82, 2.24) is 19.5 Å². The molecule has 23 heavy (non-hydrogen) atoms. The lowest BCUT2D eigenvalue weighted by Gasteiger charge is -2.33. The van der Waals surface area contributed by atoms with E-state index < -0.39 is 0 Å². The Balaban J connectivity index is 1.98. The van der Waals surface area contributed by atoms with Crippen molar-refractivity contribution in [3.63, 3.8) is 0 Å². The van der Waals surface area contributed by atoms with Crippen LogP contribution in [0, 0.1) is 6.92 Å². The predicted molar refractivity (Wildman–Crippen MR) is 91.4 cm³/mol. The lowest BCUT2D eigenvalue weighted by atomic mass is 9.83. The number of benzene rings is 2. The Morgan fingerprint density at radius 2 is 1.96 bits per heavy atom. The van der Waals surface area contributed by atoms with Gasteiger partial charge in [0.1, 0.15) is 0 Å². The van der Waals surface area contributed by atoms with E-state index in [4.69, 9.17) is 0 Å². The molecule has 1 N–H and O–H groups in total. The highest BCUT2D eigenvalue weighted by atomic mass is 15.1. The zero-order chi connectivity index (χ0) is 15.9. The van der Waals surface area contributed by atoms with Gasteiger partial charge in [-0.2, -0.15) is 0 Å². The van der Waals surface area contributed by atoms with E-state index in [1.54, 1.807) is 6.33 Å². The first-order valence-electron chi connectivity index (χ1n) is 7.67. The Labute approximate surface area is 134 Å². The highest BCUT2D eigenvalue weighted by Crippen LogP contribution is 2.35. The number of aromatic nitrogens is 4. The van der Waals surface area contributed by atoms with Crippen LogP contribution in [0.4, 0.5) is 0 Å². The fourth-order valence-electron chi connectivity index (χ4n) is 3.17. The molecular formula is C19H18N4. The van der Waals surface area contributed by atoms with Gasteiger partial charge in [0.15, 0.2) is 0 Å². The van der Waals surface area contributed by atoms with E-state index >= 15 is 0 Å². The second-order valence-electron chi connectivity index (χ2n) is 6.05. The summed E-state index contributed by atoms with van der Waals surface area (Å²) in [4.78, 5) is 11.8. The summed E-state index contributed by atoms with van der Waals surface area (Å²) in [5, 5.41) is 0. The van der Waals surface area contributed by atoms with E-state index in [9.17, 15) is 0 Å². The summed E-state index contributed by atoms with van der Waals surface area (Å²) in [5.74, 6) is 0. The molecule has 4 rings (SSSR count). The third-order valence-corrected chi connectivity index (χ3v) is 4.58. The van der Waals surface area contributed by atoms with E-state index in [-0.39, 0.29) is 5.54 Å². The number of hydrogen-bond acceptors (Lipinski definition) is 2. The number of hydrogen-bond donors (Lipinski definition) is 1. The summed E-state index contributed by atoms with van der Waals surface area (Å²) in [6, 6.07) is 15.0. The van der Waals surface area contributed by atoms with Crippen LogP contribution in [0.1, 0.15) is 23.6 Å². The van der Waals surface area contributed by atoms with Gasteiger partial charge in [-0.3, -0.25) is 0 Å². The second kappa shape index (κ2) is 5.09. The molecule has 1 atom stereocenters. The number of nitrogens with one attached hydrogen (secondary N) is 1. The summed E-state index contributed by atoms with van der Waals surface area (Å²) >= 11 is 0. The Kier molecular flexibility index (Phi) is 3.05. The second-order valence-corrected chi connectivity index (χ2v) is 6.05. The number of fused-ring (bicyclic) bond motifs is 1. The number of aromatic amines is 1. The van der Waals surface area contributed by atoms with Gasteiger partial charge in [-0.15, -0.1) is 0 Å². The zero-order valence-electron chi connectivity index (χ0n) is 13.2. The van der Waals surface area contributed by atoms with Crippen LogP contribution in [-0.2, 0) is 5.54 Å². The van der Waals surface area contributed by atoms with Gasteiger partial charge in [0.2, 0.25) is 0 Å². The molecule has 0 aliphatic heterocycles. The summed E-state index contributed by atoms with van der Waals surface area (Å²) in [6.07, 6.45) is 7.44. The van der Waals surface area contributed by atoms with Gasteiger partial charge in [-0.25, -0.2) is 9.97 Å². The van der Waals surface area contributed by atoms with Crippen molar-refractivity contribution in [2.24, 2.45) is 0 Å². The molecular weight excluding hydrogens is 284 g/mol. The van der Waals surface area contributed by atoms with E-state index in [1.807, 2.05) is 18.7 Å². The standard InChI is InChI=1S/C19H18N4/c1-14-4-3-5-15(10-14)19(2,23-9-8-20-13-23)16-6-7-17-18(11-16)22-12-21-17/h3-13H,1-2H3,(H,21,22). The minimum Gasteiger partial charge on any atom is -0.345 e. The fraction of sp³-hybridized carbons (Fsp3) is 0.158. The molecule has 0 amide bonds. The van der Waals surface area contributed by atoms with Crippen LogP contribution >= 0.6 is 0 Å². The molecule has 0 saturated carbocycles. The van der Waals surface area contributed by atoms with Crippen molar-refractivity contribution in [3.8, 4) is 0 Å². The van der Waals surface area contributed by atoms with Crippen LogP contribution in [0.3, 0.4) is 0 Å². The monoisotopic (exact) mass is 302 g/mol. The third-order valence-electron chi connectivity index (χ3n) is 4.58. The largest absolute Gasteiger partial charge is 0.345 e. The van der Waals surface area contributed by atoms with Crippen molar-refractivity contribution < 1.29 is 0 Å². The first-order valence-corrected chi connectivity index (χ1v) is 7.67. The number of aryl methyl sites for hydroxylation is 1. The molecule has 2 aromatic carbocycles. The lowest BCUT2D eigenvalue weighted by Crippen LogP contribution is -2.32. The van der Waals surface area contributed by atoms with Crippen molar-refractivity contribution >= 4 is 11.0 Å². The van der Waals surface area contributed by atoms with Crippen LogP contribution in [0.25, 0.3) is 11.0 Å². The molecule has 0 saturated heterocycles. The minimum atomic E-state index is -0.332. The van der Waals surface area contributed by atoms with E-state index in [0.29, 0.717) is 0 Å². The smallest absolute Gasteiger partial charge is 0.0956 e. The first kappa shape index (κ1) is 13.8. The summed E-state index contributed by atoms with van der Waals surface area (Å²) in [5.41, 5.74) is 5.36. The highest BCUT2D eigenvalue weighted by molar-refractivity contribution is 5.75. The van der Waals surface area contributed by atoms with Gasteiger partial charge in [-0.1, -0.05) is 35.9 Å². The average Bonchev–Trinajstić information content (AvgIpc) is 3.25. The molecule has 4 heteroatoms. The summed E-state index contributed by atoms with van der Waals surface area (Å²) < 4.78 is 2.15. The Morgan fingerprint density at radius 3 is 2.74 bits per heavy atom. The molecule has 0 fully saturated rings. The van der Waals surface area contributed by atoms with Gasteiger partial charge >= 0.3 is 0 Å². The number of H-pyrrole nitrogens is 1.